The second kappa shape index (κ2) is 5.19. The van der Waals surface area contributed by atoms with E-state index >= 15 is 0 Å². The molecule has 0 saturated heterocycles. The fraction of sp³-hybridized carbons (Fsp3) is 0.471. The van der Waals surface area contributed by atoms with Crippen molar-refractivity contribution in [2.45, 2.75) is 50.9 Å². The molecule has 2 aliphatic carbocycles. The molecule has 4 nitrogen and oxygen atoms in total. The van der Waals surface area contributed by atoms with Gasteiger partial charge in [-0.25, -0.2) is 4.98 Å². The lowest BCUT2D eigenvalue weighted by Crippen LogP contribution is -2.11. The van der Waals surface area contributed by atoms with Gasteiger partial charge in [0.1, 0.15) is 12.4 Å². The summed E-state index contributed by atoms with van der Waals surface area (Å²) in [6.45, 7) is 0.545. The molecule has 0 aliphatic heterocycles. The Hall–Kier alpha value is -1.81. The van der Waals surface area contributed by atoms with Crippen molar-refractivity contribution in [2.75, 3.05) is 0 Å². The molecular formula is C17H20N2O2. The van der Waals surface area contributed by atoms with Crippen molar-refractivity contribution in [3.63, 3.8) is 0 Å². The van der Waals surface area contributed by atoms with E-state index in [-0.39, 0.29) is 6.10 Å². The first kappa shape index (κ1) is 12.9. The van der Waals surface area contributed by atoms with Crippen molar-refractivity contribution in [1.82, 2.24) is 9.55 Å². The molecule has 1 atom stereocenters. The minimum absolute atomic E-state index is 0.339. The summed E-state index contributed by atoms with van der Waals surface area (Å²) >= 11 is 0. The molecule has 1 aromatic heterocycles. The van der Waals surface area contributed by atoms with Crippen molar-refractivity contribution in [3.05, 3.63) is 47.5 Å². The van der Waals surface area contributed by atoms with Gasteiger partial charge in [-0.3, -0.25) is 0 Å². The van der Waals surface area contributed by atoms with Crippen LogP contribution in [0.15, 0.2) is 30.7 Å². The van der Waals surface area contributed by atoms with Gasteiger partial charge in [0.25, 0.3) is 0 Å². The second-order valence-corrected chi connectivity index (χ2v) is 6.04. The standard InChI is InChI=1S/C17H20N2O2/c20-16-5-1-4-15-14(16)3-2-6-17(15)21-10-13-9-18-11-19(13)12-7-8-12/h2-3,6,9,11-12,16,20H,1,4-5,7-8,10H2. The Morgan fingerprint density at radius 2 is 2.19 bits per heavy atom. The fourth-order valence-electron chi connectivity index (χ4n) is 3.20. The summed E-state index contributed by atoms with van der Waals surface area (Å²) in [5.41, 5.74) is 3.34. The number of hydrogen-bond acceptors (Lipinski definition) is 3. The van der Waals surface area contributed by atoms with Crippen molar-refractivity contribution in [2.24, 2.45) is 0 Å². The van der Waals surface area contributed by atoms with Crippen LogP contribution in [0.2, 0.25) is 0 Å². The van der Waals surface area contributed by atoms with Gasteiger partial charge in [-0.2, -0.15) is 0 Å². The van der Waals surface area contributed by atoms with Crippen LogP contribution in [-0.2, 0) is 13.0 Å². The first-order valence-corrected chi connectivity index (χ1v) is 7.76. The van der Waals surface area contributed by atoms with Crippen molar-refractivity contribution in [3.8, 4) is 5.75 Å². The Balaban J connectivity index is 1.55. The monoisotopic (exact) mass is 284 g/mol. The Morgan fingerprint density at radius 1 is 1.29 bits per heavy atom. The number of hydrogen-bond donors (Lipinski definition) is 1. The number of nitrogens with zero attached hydrogens (tertiary/aromatic N) is 2. The number of rotatable bonds is 4. The molecule has 1 N–H and O–H groups in total. The number of imidazole rings is 1. The van der Waals surface area contributed by atoms with Gasteiger partial charge < -0.3 is 14.4 Å². The summed E-state index contributed by atoms with van der Waals surface area (Å²) in [4.78, 5) is 4.24. The normalized spacial score (nSPS) is 21.1. The quantitative estimate of drug-likeness (QED) is 0.938. The maximum atomic E-state index is 10.1. The molecule has 4 rings (SSSR count). The van der Waals surface area contributed by atoms with Crippen LogP contribution in [0.5, 0.6) is 5.75 Å². The molecule has 110 valence electrons. The van der Waals surface area contributed by atoms with Gasteiger partial charge in [0, 0.05) is 6.04 Å². The summed E-state index contributed by atoms with van der Waals surface area (Å²) in [5, 5.41) is 10.1. The predicted molar refractivity (Wildman–Crippen MR) is 79.2 cm³/mol. The van der Waals surface area contributed by atoms with Gasteiger partial charge in [0.15, 0.2) is 0 Å². The number of aromatic nitrogens is 2. The zero-order chi connectivity index (χ0) is 14.2. The average Bonchev–Trinajstić information content (AvgIpc) is 3.24. The summed E-state index contributed by atoms with van der Waals surface area (Å²) < 4.78 is 8.27. The number of ether oxygens (including phenoxy) is 1. The van der Waals surface area contributed by atoms with Crippen LogP contribution in [0.3, 0.4) is 0 Å². The summed E-state index contributed by atoms with van der Waals surface area (Å²) in [5.74, 6) is 0.912. The predicted octanol–water partition coefficient (Wildman–Crippen LogP) is 3.17. The molecule has 1 fully saturated rings. The highest BCUT2D eigenvalue weighted by Gasteiger charge is 2.25. The first-order valence-electron chi connectivity index (χ1n) is 7.76. The van der Waals surface area contributed by atoms with Crippen LogP contribution in [0.25, 0.3) is 0 Å². The smallest absolute Gasteiger partial charge is 0.130 e. The van der Waals surface area contributed by atoms with E-state index in [1.54, 1.807) is 0 Å². The SMILES string of the molecule is OC1CCCc2c(OCc3cncn3C3CC3)cccc21. The molecular weight excluding hydrogens is 264 g/mol. The highest BCUT2D eigenvalue weighted by Crippen LogP contribution is 2.37. The lowest BCUT2D eigenvalue weighted by molar-refractivity contribution is 0.155. The number of aliphatic hydroxyl groups excluding tert-OH is 1. The van der Waals surface area contributed by atoms with E-state index in [0.29, 0.717) is 12.6 Å². The summed E-state index contributed by atoms with van der Waals surface area (Å²) in [7, 11) is 0. The highest BCUT2D eigenvalue weighted by atomic mass is 16.5. The molecule has 2 aromatic rings. The minimum atomic E-state index is -0.339. The Bertz CT molecular complexity index is 646. The number of benzene rings is 1. The zero-order valence-corrected chi connectivity index (χ0v) is 12.0. The molecule has 0 spiro atoms. The fourth-order valence-corrected chi connectivity index (χ4v) is 3.20. The van der Waals surface area contributed by atoms with Crippen LogP contribution in [-0.4, -0.2) is 14.7 Å². The molecule has 0 amide bonds. The molecule has 1 heterocycles. The third-order valence-corrected chi connectivity index (χ3v) is 4.49. The van der Waals surface area contributed by atoms with E-state index in [0.717, 1.165) is 36.3 Å². The third-order valence-electron chi connectivity index (χ3n) is 4.49. The van der Waals surface area contributed by atoms with E-state index in [2.05, 4.69) is 9.55 Å². The first-order chi connectivity index (χ1) is 10.3. The molecule has 1 unspecified atom stereocenters. The Morgan fingerprint density at radius 3 is 3.05 bits per heavy atom. The van der Waals surface area contributed by atoms with Gasteiger partial charge in [0.2, 0.25) is 0 Å². The van der Waals surface area contributed by atoms with E-state index in [9.17, 15) is 5.11 Å². The average molecular weight is 284 g/mol. The lowest BCUT2D eigenvalue weighted by Gasteiger charge is -2.23. The lowest BCUT2D eigenvalue weighted by atomic mass is 9.89. The van der Waals surface area contributed by atoms with Crippen LogP contribution >= 0.6 is 0 Å². The largest absolute Gasteiger partial charge is 0.487 e. The van der Waals surface area contributed by atoms with Gasteiger partial charge in [-0.1, -0.05) is 12.1 Å². The maximum absolute atomic E-state index is 10.1. The van der Waals surface area contributed by atoms with E-state index < -0.39 is 0 Å². The molecule has 1 aromatic carbocycles. The maximum Gasteiger partial charge on any atom is 0.130 e. The topological polar surface area (TPSA) is 47.3 Å². The van der Waals surface area contributed by atoms with E-state index in [1.807, 2.05) is 30.7 Å². The molecule has 4 heteroatoms. The van der Waals surface area contributed by atoms with Gasteiger partial charge >= 0.3 is 0 Å². The van der Waals surface area contributed by atoms with Crippen molar-refractivity contribution < 1.29 is 9.84 Å². The molecule has 21 heavy (non-hydrogen) atoms. The summed E-state index contributed by atoms with van der Waals surface area (Å²) in [6, 6.07) is 6.62. The van der Waals surface area contributed by atoms with Crippen LogP contribution in [0.1, 0.15) is 54.6 Å². The van der Waals surface area contributed by atoms with Gasteiger partial charge in [-0.05, 0) is 49.3 Å². The van der Waals surface area contributed by atoms with Crippen LogP contribution in [0.4, 0.5) is 0 Å². The van der Waals surface area contributed by atoms with Gasteiger partial charge in [-0.15, -0.1) is 0 Å². The van der Waals surface area contributed by atoms with Crippen LogP contribution in [0, 0.1) is 0 Å². The highest BCUT2D eigenvalue weighted by molar-refractivity contribution is 5.42. The molecule has 2 aliphatic rings. The Labute approximate surface area is 124 Å². The Kier molecular flexibility index (Phi) is 3.19. The van der Waals surface area contributed by atoms with Crippen LogP contribution < -0.4 is 4.74 Å². The van der Waals surface area contributed by atoms with Gasteiger partial charge in [0.05, 0.1) is 24.3 Å². The van der Waals surface area contributed by atoms with E-state index in [4.69, 9.17) is 4.74 Å². The summed E-state index contributed by atoms with van der Waals surface area (Å²) in [6.07, 6.45) is 8.81. The number of fused-ring (bicyclic) bond motifs is 1. The number of aliphatic hydroxyl groups is 1. The molecule has 0 radical (unpaired) electrons. The third kappa shape index (κ3) is 2.44. The van der Waals surface area contributed by atoms with Crippen molar-refractivity contribution in [1.29, 1.82) is 0 Å². The molecule has 0 bridgehead atoms. The molecule has 1 saturated carbocycles. The van der Waals surface area contributed by atoms with Crippen molar-refractivity contribution >= 4 is 0 Å². The minimum Gasteiger partial charge on any atom is -0.487 e. The van der Waals surface area contributed by atoms with E-state index in [1.165, 1.54) is 18.4 Å². The second-order valence-electron chi connectivity index (χ2n) is 6.04. The zero-order valence-electron chi connectivity index (χ0n) is 12.0.